The maximum absolute atomic E-state index is 13.1. The number of esters is 1. The first-order chi connectivity index (χ1) is 13.4. The zero-order valence-corrected chi connectivity index (χ0v) is 15.5. The first-order valence-electron chi connectivity index (χ1n) is 8.42. The molecule has 5 nitrogen and oxygen atoms in total. The molecule has 0 N–H and O–H groups in total. The van der Waals surface area contributed by atoms with E-state index < -0.39 is 29.4 Å². The summed E-state index contributed by atoms with van der Waals surface area (Å²) in [6, 6.07) is 10.3. The lowest BCUT2D eigenvalue weighted by Crippen LogP contribution is -2.53. The van der Waals surface area contributed by atoms with E-state index in [1.807, 2.05) is 23.1 Å². The van der Waals surface area contributed by atoms with E-state index in [1.54, 1.807) is 7.11 Å². The normalized spacial score (nSPS) is 14.8. The molecule has 28 heavy (non-hydrogen) atoms. The van der Waals surface area contributed by atoms with Crippen molar-refractivity contribution in [3.05, 3.63) is 53.6 Å². The van der Waals surface area contributed by atoms with Crippen LogP contribution in [0.2, 0.25) is 0 Å². The Balaban J connectivity index is 1.43. The molecule has 1 fully saturated rings. The van der Waals surface area contributed by atoms with Gasteiger partial charge in [-0.2, -0.15) is 13.2 Å². The van der Waals surface area contributed by atoms with E-state index in [0.29, 0.717) is 18.8 Å². The average molecular weight is 408 g/mol. The van der Waals surface area contributed by atoms with Gasteiger partial charge in [0.15, 0.2) is 5.13 Å². The highest BCUT2D eigenvalue weighted by molar-refractivity contribution is 7.22. The molecule has 0 amide bonds. The van der Waals surface area contributed by atoms with Gasteiger partial charge in [0, 0.05) is 0 Å². The summed E-state index contributed by atoms with van der Waals surface area (Å²) in [5, 5.41) is 0.752. The fraction of sp³-hybridized carbons (Fsp3) is 0.263. The average Bonchev–Trinajstić information content (AvgIpc) is 3.07. The number of ether oxygens (including phenoxy) is 2. The molecule has 2 aromatic carbocycles. The number of benzene rings is 2. The maximum Gasteiger partial charge on any atom is 0.417 e. The third kappa shape index (κ3) is 3.37. The number of hydrogen-bond acceptors (Lipinski definition) is 6. The molecule has 0 aliphatic carbocycles. The van der Waals surface area contributed by atoms with Crippen LogP contribution in [0.1, 0.15) is 15.9 Å². The number of rotatable bonds is 4. The van der Waals surface area contributed by atoms with Gasteiger partial charge in [-0.1, -0.05) is 29.5 Å². The van der Waals surface area contributed by atoms with E-state index >= 15 is 0 Å². The summed E-state index contributed by atoms with van der Waals surface area (Å²) in [6.07, 6.45) is -5.09. The van der Waals surface area contributed by atoms with Crippen LogP contribution in [0.25, 0.3) is 10.2 Å². The lowest BCUT2D eigenvalue weighted by molar-refractivity contribution is -0.138. The first-order valence-corrected chi connectivity index (χ1v) is 9.24. The van der Waals surface area contributed by atoms with E-state index in [-0.39, 0.29) is 0 Å². The van der Waals surface area contributed by atoms with E-state index in [9.17, 15) is 18.0 Å². The van der Waals surface area contributed by atoms with Gasteiger partial charge in [-0.15, -0.1) is 0 Å². The molecule has 0 saturated carbocycles. The molecule has 0 spiro atoms. The zero-order valence-electron chi connectivity index (χ0n) is 14.7. The number of carbonyl (C=O) groups excluding carboxylic acids is 1. The Bertz CT molecular complexity index is 1030. The summed E-state index contributed by atoms with van der Waals surface area (Å²) < 4.78 is 50.7. The highest BCUT2D eigenvalue weighted by atomic mass is 32.1. The molecule has 9 heteroatoms. The first kappa shape index (κ1) is 18.5. The Morgan fingerprint density at radius 3 is 2.64 bits per heavy atom. The van der Waals surface area contributed by atoms with Crippen LogP contribution in [0.3, 0.4) is 0 Å². The summed E-state index contributed by atoms with van der Waals surface area (Å²) in [6.45, 7) is 0.754. The van der Waals surface area contributed by atoms with Crippen LogP contribution < -0.4 is 9.64 Å². The van der Waals surface area contributed by atoms with Crippen molar-refractivity contribution in [2.75, 3.05) is 25.1 Å². The fourth-order valence-corrected chi connectivity index (χ4v) is 4.00. The number of aromatic nitrogens is 1. The van der Waals surface area contributed by atoms with Gasteiger partial charge in [-0.3, -0.25) is 0 Å². The van der Waals surface area contributed by atoms with Crippen LogP contribution in [-0.4, -0.2) is 37.3 Å². The molecule has 0 atom stereocenters. The standard InChI is InChI=1S/C19H15F3N2O3S/c1-26-14-7-4-8-15-16(14)23-18(28-15)24-9-11(10-24)27-17(25)12-5-2-3-6-13(12)19(20,21)22/h2-8,11H,9-10H2,1H3. The molecule has 0 radical (unpaired) electrons. The topological polar surface area (TPSA) is 51.7 Å². The van der Waals surface area contributed by atoms with Crippen molar-refractivity contribution in [3.8, 4) is 5.75 Å². The lowest BCUT2D eigenvalue weighted by atomic mass is 10.1. The van der Waals surface area contributed by atoms with E-state index in [1.165, 1.54) is 23.5 Å². The van der Waals surface area contributed by atoms with E-state index in [4.69, 9.17) is 9.47 Å². The summed E-state index contributed by atoms with van der Waals surface area (Å²) in [7, 11) is 1.58. The van der Waals surface area contributed by atoms with Crippen molar-refractivity contribution in [1.82, 2.24) is 4.98 Å². The number of alkyl halides is 3. The van der Waals surface area contributed by atoms with Gasteiger partial charge in [0.1, 0.15) is 17.4 Å². The Hall–Kier alpha value is -2.81. The van der Waals surface area contributed by atoms with Crippen molar-refractivity contribution in [2.45, 2.75) is 12.3 Å². The minimum absolute atomic E-state index is 0.377. The summed E-state index contributed by atoms with van der Waals surface area (Å²) in [5.41, 5.74) is -0.711. The van der Waals surface area contributed by atoms with Crippen LogP contribution in [0.4, 0.5) is 18.3 Å². The minimum Gasteiger partial charge on any atom is -0.494 e. The largest absolute Gasteiger partial charge is 0.494 e. The van der Waals surface area contributed by atoms with Crippen LogP contribution in [-0.2, 0) is 10.9 Å². The van der Waals surface area contributed by atoms with Crippen molar-refractivity contribution in [2.24, 2.45) is 0 Å². The number of para-hydroxylation sites is 1. The monoisotopic (exact) mass is 408 g/mol. The van der Waals surface area contributed by atoms with Crippen LogP contribution in [0.15, 0.2) is 42.5 Å². The summed E-state index contributed by atoms with van der Waals surface area (Å²) in [4.78, 5) is 18.7. The minimum atomic E-state index is -4.61. The van der Waals surface area contributed by atoms with Gasteiger partial charge in [-0.25, -0.2) is 9.78 Å². The van der Waals surface area contributed by atoms with Crippen molar-refractivity contribution in [1.29, 1.82) is 0 Å². The zero-order chi connectivity index (χ0) is 19.9. The smallest absolute Gasteiger partial charge is 0.417 e. The molecule has 146 valence electrons. The van der Waals surface area contributed by atoms with Gasteiger partial charge < -0.3 is 14.4 Å². The Labute approximate surface area is 162 Å². The number of carbonyl (C=O) groups is 1. The van der Waals surface area contributed by atoms with E-state index in [0.717, 1.165) is 27.5 Å². The molecular formula is C19H15F3N2O3S. The Morgan fingerprint density at radius 2 is 1.93 bits per heavy atom. The van der Waals surface area contributed by atoms with Crippen LogP contribution >= 0.6 is 11.3 Å². The highest BCUT2D eigenvalue weighted by Gasteiger charge is 2.37. The number of fused-ring (bicyclic) bond motifs is 1. The molecular weight excluding hydrogens is 393 g/mol. The second kappa shape index (κ2) is 6.97. The number of methoxy groups -OCH3 is 1. The fourth-order valence-electron chi connectivity index (χ4n) is 3.00. The summed E-state index contributed by atoms with van der Waals surface area (Å²) >= 11 is 1.48. The third-order valence-electron chi connectivity index (χ3n) is 4.44. The second-order valence-corrected chi connectivity index (χ2v) is 7.29. The molecule has 4 rings (SSSR count). The number of thiazole rings is 1. The Morgan fingerprint density at radius 1 is 1.18 bits per heavy atom. The molecule has 1 aliphatic rings. The number of nitrogens with zero attached hydrogens (tertiary/aromatic N) is 2. The Kier molecular flexibility index (Phi) is 4.62. The van der Waals surface area contributed by atoms with Crippen molar-refractivity contribution >= 4 is 32.7 Å². The molecule has 1 saturated heterocycles. The van der Waals surface area contributed by atoms with Crippen molar-refractivity contribution in [3.63, 3.8) is 0 Å². The van der Waals surface area contributed by atoms with Gasteiger partial charge in [0.25, 0.3) is 0 Å². The molecule has 3 aromatic rings. The van der Waals surface area contributed by atoms with Crippen molar-refractivity contribution < 1.29 is 27.4 Å². The van der Waals surface area contributed by atoms with Gasteiger partial charge in [0.2, 0.25) is 0 Å². The van der Waals surface area contributed by atoms with Gasteiger partial charge >= 0.3 is 12.1 Å². The molecule has 2 heterocycles. The van der Waals surface area contributed by atoms with Gasteiger partial charge in [-0.05, 0) is 24.3 Å². The predicted molar refractivity (Wildman–Crippen MR) is 99.0 cm³/mol. The molecule has 1 aliphatic heterocycles. The molecule has 0 unspecified atom stereocenters. The lowest BCUT2D eigenvalue weighted by Gasteiger charge is -2.38. The highest BCUT2D eigenvalue weighted by Crippen LogP contribution is 2.36. The quantitative estimate of drug-likeness (QED) is 0.600. The summed E-state index contributed by atoms with van der Waals surface area (Å²) in [5.74, 6) is -0.296. The molecule has 0 bridgehead atoms. The number of hydrogen-bond donors (Lipinski definition) is 0. The molecule has 1 aromatic heterocycles. The predicted octanol–water partition coefficient (Wildman–Crippen LogP) is 4.37. The van der Waals surface area contributed by atoms with Crippen LogP contribution in [0, 0.1) is 0 Å². The van der Waals surface area contributed by atoms with E-state index in [2.05, 4.69) is 4.98 Å². The third-order valence-corrected chi connectivity index (χ3v) is 5.52. The SMILES string of the molecule is COc1cccc2sc(N3CC(OC(=O)c4ccccc4C(F)(F)F)C3)nc12. The second-order valence-electron chi connectivity index (χ2n) is 6.28. The van der Waals surface area contributed by atoms with Crippen LogP contribution in [0.5, 0.6) is 5.75 Å². The maximum atomic E-state index is 13.1. The van der Waals surface area contributed by atoms with Gasteiger partial charge in [0.05, 0.1) is 36.0 Å². The number of anilines is 1. The number of halogens is 3.